The smallest absolute Gasteiger partial charge is 0.318 e. The van der Waals surface area contributed by atoms with Gasteiger partial charge < -0.3 is 5.01 Å². The monoisotopic (exact) mass is 379 g/mol. The third-order valence-corrected chi connectivity index (χ3v) is 4.71. The van der Waals surface area contributed by atoms with E-state index < -0.39 is 11.7 Å². The highest BCUT2D eigenvalue weighted by molar-refractivity contribution is 5.79. The number of hydrazine groups is 1. The first-order valence-electron chi connectivity index (χ1n) is 8.66. The number of nitrogens with one attached hydrogen (secondary N) is 1. The van der Waals surface area contributed by atoms with Gasteiger partial charge in [0.1, 0.15) is 0 Å². The largest absolute Gasteiger partial charge is 0.333 e. The van der Waals surface area contributed by atoms with Gasteiger partial charge in [0.25, 0.3) is 0 Å². The van der Waals surface area contributed by atoms with Gasteiger partial charge in [-0.3, -0.25) is 4.98 Å². The molecule has 1 aromatic carbocycles. The highest BCUT2D eigenvalue weighted by atomic mass is 19.3. The zero-order chi connectivity index (χ0) is 19.3. The topological polar surface area (TPSA) is 71.2 Å². The molecular weight excluding hydrogens is 364 g/mol. The van der Waals surface area contributed by atoms with Crippen LogP contribution in [0.2, 0.25) is 0 Å². The van der Waals surface area contributed by atoms with Crippen LogP contribution in [0.1, 0.15) is 17.1 Å². The fourth-order valence-corrected chi connectivity index (χ4v) is 3.25. The number of hydrogen-bond donors (Lipinski definition) is 1. The molecule has 0 amide bonds. The number of benzene rings is 1. The van der Waals surface area contributed by atoms with Crippen molar-refractivity contribution in [3.63, 3.8) is 0 Å². The van der Waals surface area contributed by atoms with Crippen LogP contribution in [0.15, 0.2) is 54.9 Å². The van der Waals surface area contributed by atoms with E-state index in [1.165, 1.54) is 12.1 Å². The maximum absolute atomic E-state index is 15.3. The Morgan fingerprint density at radius 1 is 1.11 bits per heavy atom. The molecule has 4 aromatic rings. The molecule has 3 aromatic heterocycles. The molecule has 0 bridgehead atoms. The summed E-state index contributed by atoms with van der Waals surface area (Å²) in [6, 6.07) is 11.2. The summed E-state index contributed by atoms with van der Waals surface area (Å²) in [5.41, 5.74) is 5.32. The van der Waals surface area contributed by atoms with Crippen LogP contribution in [0.4, 0.5) is 8.78 Å². The van der Waals surface area contributed by atoms with E-state index in [4.69, 9.17) is 0 Å². The van der Waals surface area contributed by atoms with Gasteiger partial charge in [-0.2, -0.15) is 18.4 Å². The molecule has 0 fully saturated rings. The summed E-state index contributed by atoms with van der Waals surface area (Å²) < 4.78 is 31.8. The van der Waals surface area contributed by atoms with Crippen LogP contribution in [0.3, 0.4) is 0 Å². The maximum Gasteiger partial charge on any atom is 0.333 e. The van der Waals surface area contributed by atoms with Crippen LogP contribution in [0, 0.1) is 0 Å². The van der Waals surface area contributed by atoms with Crippen molar-refractivity contribution in [2.75, 3.05) is 13.6 Å². The summed E-state index contributed by atoms with van der Waals surface area (Å²) in [4.78, 5) is 4.17. The number of rotatable bonds is 3. The van der Waals surface area contributed by atoms with Gasteiger partial charge in [0.2, 0.25) is 5.82 Å². The third kappa shape index (κ3) is 2.59. The highest BCUT2D eigenvalue weighted by Gasteiger charge is 2.40. The molecule has 1 aliphatic rings. The molecule has 140 valence electrons. The van der Waals surface area contributed by atoms with Gasteiger partial charge in [0, 0.05) is 42.5 Å². The lowest BCUT2D eigenvalue weighted by Crippen LogP contribution is -2.23. The number of pyridine rings is 1. The Hall–Kier alpha value is -3.46. The zero-order valence-corrected chi connectivity index (χ0v) is 14.8. The first-order chi connectivity index (χ1) is 13.5. The molecule has 0 atom stereocenters. The van der Waals surface area contributed by atoms with E-state index >= 15 is 8.78 Å². The van der Waals surface area contributed by atoms with E-state index in [1.807, 2.05) is 13.2 Å². The van der Waals surface area contributed by atoms with Gasteiger partial charge in [-0.1, -0.05) is 12.1 Å². The van der Waals surface area contributed by atoms with E-state index in [1.54, 1.807) is 41.5 Å². The lowest BCUT2D eigenvalue weighted by atomic mass is 10.0. The van der Waals surface area contributed by atoms with Gasteiger partial charge in [0.05, 0.1) is 11.2 Å². The SMILES string of the molecule is CN1C=C(c2ccc3nnc(C(F)(F)c4ccc5ncccc5c4)n3n2)CN1. The summed E-state index contributed by atoms with van der Waals surface area (Å²) in [5.74, 6) is -3.89. The Kier molecular flexibility index (Phi) is 3.59. The number of halogens is 2. The fourth-order valence-electron chi connectivity index (χ4n) is 3.25. The van der Waals surface area contributed by atoms with E-state index in [-0.39, 0.29) is 11.2 Å². The molecule has 4 heterocycles. The van der Waals surface area contributed by atoms with Crippen LogP contribution in [-0.2, 0) is 5.92 Å². The number of alkyl halides is 2. The molecule has 0 radical (unpaired) electrons. The molecule has 7 nitrogen and oxygen atoms in total. The molecule has 28 heavy (non-hydrogen) atoms. The van der Waals surface area contributed by atoms with Gasteiger partial charge >= 0.3 is 5.92 Å². The summed E-state index contributed by atoms with van der Waals surface area (Å²) in [5, 5.41) is 14.4. The minimum absolute atomic E-state index is 0.184. The third-order valence-electron chi connectivity index (χ3n) is 4.71. The van der Waals surface area contributed by atoms with Crippen LogP contribution >= 0.6 is 0 Å². The van der Waals surface area contributed by atoms with Crippen LogP contribution in [0.25, 0.3) is 22.1 Å². The van der Waals surface area contributed by atoms with Crippen molar-refractivity contribution in [3.05, 3.63) is 71.9 Å². The fraction of sp³-hybridized carbons (Fsp3) is 0.158. The number of fused-ring (bicyclic) bond motifs is 2. The van der Waals surface area contributed by atoms with E-state index in [9.17, 15) is 0 Å². The van der Waals surface area contributed by atoms with Gasteiger partial charge in [-0.25, -0.2) is 5.43 Å². The Balaban J connectivity index is 1.63. The second-order valence-corrected chi connectivity index (χ2v) is 6.60. The lowest BCUT2D eigenvalue weighted by molar-refractivity contribution is 0.0307. The molecule has 1 N–H and O–H groups in total. The summed E-state index contributed by atoms with van der Waals surface area (Å²) in [6.45, 7) is 0.570. The first-order valence-corrected chi connectivity index (χ1v) is 8.66. The van der Waals surface area contributed by atoms with Crippen molar-refractivity contribution in [2.24, 2.45) is 0 Å². The molecule has 0 unspecified atom stereocenters. The summed E-state index contributed by atoms with van der Waals surface area (Å²) in [6.07, 6.45) is 3.49. The van der Waals surface area contributed by atoms with Crippen molar-refractivity contribution in [3.8, 4) is 0 Å². The second kappa shape index (κ2) is 6.03. The number of aromatic nitrogens is 5. The average Bonchev–Trinajstić information content (AvgIpc) is 3.33. The van der Waals surface area contributed by atoms with E-state index in [0.717, 1.165) is 10.1 Å². The van der Waals surface area contributed by atoms with Gasteiger partial charge in [0.15, 0.2) is 5.65 Å². The van der Waals surface area contributed by atoms with Crippen LogP contribution < -0.4 is 5.43 Å². The molecule has 0 spiro atoms. The Labute approximate surface area is 158 Å². The Morgan fingerprint density at radius 2 is 2.00 bits per heavy atom. The molecule has 0 saturated heterocycles. The Morgan fingerprint density at radius 3 is 2.82 bits per heavy atom. The lowest BCUT2D eigenvalue weighted by Gasteiger charge is -2.15. The van der Waals surface area contributed by atoms with Crippen molar-refractivity contribution in [2.45, 2.75) is 5.92 Å². The zero-order valence-electron chi connectivity index (χ0n) is 14.8. The molecule has 5 rings (SSSR count). The number of hydrogen-bond acceptors (Lipinski definition) is 6. The first kappa shape index (κ1) is 16.7. The highest BCUT2D eigenvalue weighted by Crippen LogP contribution is 2.35. The molecular formula is C19H15F2N7. The summed E-state index contributed by atoms with van der Waals surface area (Å²) >= 11 is 0. The minimum atomic E-state index is -3.37. The van der Waals surface area contributed by atoms with E-state index in [0.29, 0.717) is 23.1 Å². The molecule has 1 aliphatic heterocycles. The minimum Gasteiger partial charge on any atom is -0.318 e. The predicted octanol–water partition coefficient (Wildman–Crippen LogP) is 2.60. The van der Waals surface area contributed by atoms with Crippen LogP contribution in [-0.4, -0.2) is 43.4 Å². The standard InChI is InChI=1S/C19H15F2N7/c1-27-11-13(10-23-27)16-6-7-17-24-25-18(28(17)26-16)19(20,21)14-4-5-15-12(9-14)3-2-8-22-15/h2-9,11,23H,10H2,1H3. The van der Waals surface area contributed by atoms with Crippen molar-refractivity contribution in [1.82, 2.24) is 35.2 Å². The normalized spacial score (nSPS) is 14.8. The molecule has 9 heteroatoms. The second-order valence-electron chi connectivity index (χ2n) is 6.60. The maximum atomic E-state index is 15.3. The van der Waals surface area contributed by atoms with Gasteiger partial charge in [-0.15, -0.1) is 10.2 Å². The predicted molar refractivity (Wildman–Crippen MR) is 99.3 cm³/mol. The number of nitrogens with zero attached hydrogens (tertiary/aromatic N) is 6. The van der Waals surface area contributed by atoms with Crippen LogP contribution in [0.5, 0.6) is 0 Å². The summed E-state index contributed by atoms with van der Waals surface area (Å²) in [7, 11) is 1.86. The van der Waals surface area contributed by atoms with Crippen molar-refractivity contribution in [1.29, 1.82) is 0 Å². The molecule has 0 saturated carbocycles. The molecule has 0 aliphatic carbocycles. The Bertz CT molecular complexity index is 1230. The quantitative estimate of drug-likeness (QED) is 0.590. The van der Waals surface area contributed by atoms with E-state index in [2.05, 4.69) is 25.7 Å². The average molecular weight is 379 g/mol. The van der Waals surface area contributed by atoms with Gasteiger partial charge in [-0.05, 0) is 30.3 Å². The van der Waals surface area contributed by atoms with Crippen molar-refractivity contribution >= 4 is 22.1 Å². The van der Waals surface area contributed by atoms with Crippen molar-refractivity contribution < 1.29 is 8.78 Å².